The molecule has 0 aliphatic rings. The minimum atomic E-state index is -0.545. The van der Waals surface area contributed by atoms with Crippen LogP contribution in [0.1, 0.15) is 20.7 Å². The fraction of sp³-hybridized carbons (Fsp3) is 0.0455. The van der Waals surface area contributed by atoms with Crippen LogP contribution < -0.4 is 0 Å². The van der Waals surface area contributed by atoms with Crippen LogP contribution in [0.2, 0.25) is 0 Å². The number of thiophene rings is 1. The van der Waals surface area contributed by atoms with Gasteiger partial charge in [-0.15, -0.1) is 11.3 Å². The first kappa shape index (κ1) is 18.5. The number of carbonyl (C=O) groups is 2. The molecule has 138 valence electrons. The van der Waals surface area contributed by atoms with E-state index in [1.807, 2.05) is 47.8 Å². The number of hydrogen-bond acceptors (Lipinski definition) is 5. The molecule has 2 aromatic carbocycles. The fourth-order valence-corrected chi connectivity index (χ4v) is 4.06. The van der Waals surface area contributed by atoms with E-state index in [9.17, 15) is 9.59 Å². The first-order valence-corrected chi connectivity index (χ1v) is 10.2. The zero-order valence-corrected chi connectivity index (χ0v) is 17.0. The summed E-state index contributed by atoms with van der Waals surface area (Å²) in [4.78, 5) is 30.8. The molecule has 4 nitrogen and oxygen atoms in total. The molecule has 0 unspecified atom stereocenters. The number of pyridine rings is 1. The Labute approximate surface area is 173 Å². The molecule has 0 spiro atoms. The van der Waals surface area contributed by atoms with Gasteiger partial charge in [0.05, 0.1) is 21.7 Å². The van der Waals surface area contributed by atoms with Crippen LogP contribution in [0.5, 0.6) is 0 Å². The average molecular weight is 452 g/mol. The van der Waals surface area contributed by atoms with E-state index in [0.29, 0.717) is 32.2 Å². The van der Waals surface area contributed by atoms with Gasteiger partial charge < -0.3 is 4.74 Å². The zero-order chi connectivity index (χ0) is 19.5. The molecular formula is C22H14BrNO3S. The van der Waals surface area contributed by atoms with E-state index in [2.05, 4.69) is 20.9 Å². The lowest BCUT2D eigenvalue weighted by atomic mass is 10.1. The second-order valence-corrected chi connectivity index (χ2v) is 7.83. The summed E-state index contributed by atoms with van der Waals surface area (Å²) in [6.07, 6.45) is 0. The number of hydrogen-bond donors (Lipinski definition) is 0. The van der Waals surface area contributed by atoms with Crippen molar-refractivity contribution in [3.63, 3.8) is 0 Å². The van der Waals surface area contributed by atoms with E-state index in [1.165, 1.54) is 0 Å². The average Bonchev–Trinajstić information content (AvgIpc) is 3.26. The molecule has 28 heavy (non-hydrogen) atoms. The minimum absolute atomic E-state index is 0.266. The Kier molecular flexibility index (Phi) is 5.32. The Morgan fingerprint density at radius 1 is 0.964 bits per heavy atom. The Balaban J connectivity index is 1.63. The third kappa shape index (κ3) is 3.74. The Morgan fingerprint density at radius 2 is 1.75 bits per heavy atom. The fourth-order valence-electron chi connectivity index (χ4n) is 2.87. The second kappa shape index (κ2) is 8.04. The summed E-state index contributed by atoms with van der Waals surface area (Å²) in [6.45, 7) is -0.327. The molecular weight excluding hydrogens is 438 g/mol. The van der Waals surface area contributed by atoms with Gasteiger partial charge in [-0.25, -0.2) is 9.78 Å². The molecule has 4 aromatic rings. The topological polar surface area (TPSA) is 56.3 Å². The lowest BCUT2D eigenvalue weighted by molar-refractivity contribution is 0.0476. The van der Waals surface area contributed by atoms with Gasteiger partial charge in [0.2, 0.25) is 5.78 Å². The number of Topliss-reactive ketones (excluding diaryl/α,β-unsaturated/α-hetero) is 1. The number of para-hydroxylation sites is 1. The summed E-state index contributed by atoms with van der Waals surface area (Å²) in [7, 11) is 0. The molecule has 2 heterocycles. The number of esters is 1. The Hall–Kier alpha value is -2.83. The maximum Gasteiger partial charge on any atom is 0.339 e. The maximum absolute atomic E-state index is 12.8. The van der Waals surface area contributed by atoms with E-state index < -0.39 is 5.97 Å². The van der Waals surface area contributed by atoms with Gasteiger partial charge in [0.15, 0.2) is 6.61 Å². The van der Waals surface area contributed by atoms with Gasteiger partial charge in [-0.1, -0.05) is 58.4 Å². The van der Waals surface area contributed by atoms with Gasteiger partial charge in [-0.3, -0.25) is 4.79 Å². The minimum Gasteiger partial charge on any atom is -0.454 e. The molecule has 0 radical (unpaired) electrons. The van der Waals surface area contributed by atoms with Crippen molar-refractivity contribution in [3.8, 4) is 10.6 Å². The van der Waals surface area contributed by atoms with Crippen molar-refractivity contribution in [2.75, 3.05) is 6.61 Å². The highest BCUT2D eigenvalue weighted by molar-refractivity contribution is 9.10. The monoisotopic (exact) mass is 451 g/mol. The first-order chi connectivity index (χ1) is 13.6. The van der Waals surface area contributed by atoms with Gasteiger partial charge in [-0.2, -0.15) is 0 Å². The van der Waals surface area contributed by atoms with Crippen molar-refractivity contribution in [3.05, 3.63) is 87.7 Å². The van der Waals surface area contributed by atoms with E-state index in [0.717, 1.165) is 4.88 Å². The number of benzene rings is 2. The van der Waals surface area contributed by atoms with E-state index in [4.69, 9.17) is 4.74 Å². The molecule has 6 heteroatoms. The predicted molar refractivity (Wildman–Crippen MR) is 114 cm³/mol. The van der Waals surface area contributed by atoms with Gasteiger partial charge in [-0.05, 0) is 29.6 Å². The summed E-state index contributed by atoms with van der Waals surface area (Å²) in [5.41, 5.74) is 2.29. The molecule has 0 saturated heterocycles. The van der Waals surface area contributed by atoms with E-state index in [1.54, 1.807) is 35.6 Å². The van der Waals surface area contributed by atoms with Crippen molar-refractivity contribution < 1.29 is 14.3 Å². The number of carbonyl (C=O) groups excluding carboxylic acids is 2. The lowest BCUT2D eigenvalue weighted by Crippen LogP contribution is -2.15. The third-order valence-corrected chi connectivity index (χ3v) is 5.80. The molecule has 0 fully saturated rings. The van der Waals surface area contributed by atoms with Gasteiger partial charge in [0.1, 0.15) is 0 Å². The zero-order valence-electron chi connectivity index (χ0n) is 14.6. The van der Waals surface area contributed by atoms with Gasteiger partial charge in [0, 0.05) is 15.4 Å². The largest absolute Gasteiger partial charge is 0.454 e. The van der Waals surface area contributed by atoms with Crippen LogP contribution in [-0.2, 0) is 4.74 Å². The number of fused-ring (bicyclic) bond motifs is 1. The summed E-state index contributed by atoms with van der Waals surface area (Å²) in [6, 6.07) is 20.1. The summed E-state index contributed by atoms with van der Waals surface area (Å²) >= 11 is 4.89. The number of halogens is 1. The third-order valence-electron chi connectivity index (χ3n) is 4.22. The van der Waals surface area contributed by atoms with Crippen molar-refractivity contribution in [1.82, 2.24) is 4.98 Å². The first-order valence-electron chi connectivity index (χ1n) is 8.52. The molecule has 0 bridgehead atoms. The normalized spacial score (nSPS) is 10.8. The molecule has 4 rings (SSSR count). The van der Waals surface area contributed by atoms with Gasteiger partial charge >= 0.3 is 5.97 Å². The molecule has 2 aromatic heterocycles. The number of ketones is 1. The van der Waals surface area contributed by atoms with Crippen LogP contribution in [0.3, 0.4) is 0 Å². The second-order valence-electron chi connectivity index (χ2n) is 6.03. The number of nitrogens with zero attached hydrogens (tertiary/aromatic N) is 1. The lowest BCUT2D eigenvalue weighted by Gasteiger charge is -2.09. The number of ether oxygens (including phenoxy) is 1. The summed E-state index contributed by atoms with van der Waals surface area (Å²) in [5, 5.41) is 2.65. The SMILES string of the molecule is O=C(COC(=O)c1cc(-c2cccs2)nc2ccccc12)c1ccccc1Br. The Bertz CT molecular complexity index is 1170. The molecule has 0 aliphatic heterocycles. The molecule has 0 N–H and O–H groups in total. The summed E-state index contributed by atoms with van der Waals surface area (Å²) in [5.74, 6) is -0.811. The highest BCUT2D eigenvalue weighted by Gasteiger charge is 2.18. The van der Waals surface area contributed by atoms with E-state index in [-0.39, 0.29) is 12.4 Å². The quantitative estimate of drug-likeness (QED) is 0.285. The maximum atomic E-state index is 12.8. The van der Waals surface area contributed by atoms with Crippen molar-refractivity contribution in [1.29, 1.82) is 0 Å². The van der Waals surface area contributed by atoms with Crippen LogP contribution in [-0.4, -0.2) is 23.3 Å². The highest BCUT2D eigenvalue weighted by Crippen LogP contribution is 2.28. The summed E-state index contributed by atoms with van der Waals surface area (Å²) < 4.78 is 6.02. The van der Waals surface area contributed by atoms with Crippen molar-refractivity contribution >= 4 is 49.9 Å². The van der Waals surface area contributed by atoms with Crippen molar-refractivity contribution in [2.45, 2.75) is 0 Å². The molecule has 0 atom stereocenters. The van der Waals surface area contributed by atoms with Crippen LogP contribution in [0.25, 0.3) is 21.5 Å². The molecule has 0 amide bonds. The van der Waals surface area contributed by atoms with Crippen LogP contribution in [0.15, 0.2) is 76.6 Å². The van der Waals surface area contributed by atoms with Crippen LogP contribution in [0.4, 0.5) is 0 Å². The molecule has 0 saturated carbocycles. The van der Waals surface area contributed by atoms with Crippen LogP contribution in [0, 0.1) is 0 Å². The molecule has 0 aliphatic carbocycles. The predicted octanol–water partition coefficient (Wildman–Crippen LogP) is 5.77. The van der Waals surface area contributed by atoms with Gasteiger partial charge in [0.25, 0.3) is 0 Å². The smallest absolute Gasteiger partial charge is 0.339 e. The highest BCUT2D eigenvalue weighted by atomic mass is 79.9. The number of aromatic nitrogens is 1. The van der Waals surface area contributed by atoms with Crippen molar-refractivity contribution in [2.24, 2.45) is 0 Å². The standard InChI is InChI=1S/C22H14BrNO3S/c23-17-8-3-1-7-15(17)20(25)13-27-22(26)16-12-19(21-10-5-11-28-21)24-18-9-4-2-6-14(16)18/h1-12H,13H2. The Morgan fingerprint density at radius 3 is 2.54 bits per heavy atom. The van der Waals surface area contributed by atoms with E-state index >= 15 is 0 Å². The number of rotatable bonds is 5. The van der Waals surface area contributed by atoms with Crippen LogP contribution >= 0.6 is 27.3 Å².